The molecule has 78 valence electrons. The largest absolute Gasteiger partial charge is 0.478 e. The molecule has 0 radical (unpaired) electrons. The molecule has 0 amide bonds. The summed E-state index contributed by atoms with van der Waals surface area (Å²) in [6.07, 6.45) is 1.33. The molecular weight excluding hydrogens is 216 g/mol. The Morgan fingerprint density at radius 2 is 2.00 bits per heavy atom. The van der Waals surface area contributed by atoms with Crippen LogP contribution in [0.1, 0.15) is 10.4 Å². The topological polar surface area (TPSA) is 71.1 Å². The van der Waals surface area contributed by atoms with Gasteiger partial charge >= 0.3 is 5.97 Å². The molecule has 6 heteroatoms. The zero-order chi connectivity index (χ0) is 11.5. The van der Waals surface area contributed by atoms with Crippen molar-refractivity contribution in [2.45, 2.75) is 4.90 Å². The highest BCUT2D eigenvalue weighted by Crippen LogP contribution is 2.13. The molecular formula is C9H8N2O3S. The van der Waals surface area contributed by atoms with Gasteiger partial charge in [0.05, 0.1) is 10.5 Å². The summed E-state index contributed by atoms with van der Waals surface area (Å²) in [4.78, 5) is 13.6. The lowest BCUT2D eigenvalue weighted by Crippen LogP contribution is -1.99. The predicted molar refractivity (Wildman–Crippen MR) is 54.8 cm³/mol. The molecule has 0 aromatic heterocycles. The summed E-state index contributed by atoms with van der Waals surface area (Å²) >= 11 is 0. The van der Waals surface area contributed by atoms with Crippen LogP contribution in [0.5, 0.6) is 0 Å². The van der Waals surface area contributed by atoms with Crippen LogP contribution in [-0.2, 0) is 9.73 Å². The van der Waals surface area contributed by atoms with Crippen molar-refractivity contribution < 1.29 is 14.1 Å². The number of carboxylic acids is 1. The van der Waals surface area contributed by atoms with Crippen LogP contribution in [0, 0.1) is 6.57 Å². The van der Waals surface area contributed by atoms with Gasteiger partial charge in [0.1, 0.15) is 14.2 Å². The lowest BCUT2D eigenvalue weighted by molar-refractivity contribution is 0.0697. The summed E-state index contributed by atoms with van der Waals surface area (Å²) in [5.41, 5.74) is 0.108. The monoisotopic (exact) mass is 224 g/mol. The third-order valence-corrected chi connectivity index (χ3v) is 3.28. The third-order valence-electron chi connectivity index (χ3n) is 1.74. The molecule has 5 nitrogen and oxygen atoms in total. The molecule has 0 aliphatic heterocycles. The summed E-state index contributed by atoms with van der Waals surface area (Å²) < 4.78 is 15.0. The molecule has 1 unspecified atom stereocenters. The first-order valence-corrected chi connectivity index (χ1v) is 5.81. The van der Waals surface area contributed by atoms with Gasteiger partial charge in [0.2, 0.25) is 0 Å². The van der Waals surface area contributed by atoms with E-state index in [4.69, 9.17) is 11.7 Å². The summed E-state index contributed by atoms with van der Waals surface area (Å²) in [6.45, 7) is 6.50. The van der Waals surface area contributed by atoms with Crippen LogP contribution in [0.15, 0.2) is 33.6 Å². The number of benzene rings is 1. The molecule has 0 saturated carbocycles. The number of hydrogen-bond donors (Lipinski definition) is 1. The van der Waals surface area contributed by atoms with Gasteiger partial charge in [-0.15, -0.1) is 4.95 Å². The van der Waals surface area contributed by atoms with Crippen LogP contribution in [0.4, 0.5) is 0 Å². The van der Waals surface area contributed by atoms with Gasteiger partial charge in [-0.1, -0.05) is 0 Å². The van der Waals surface area contributed by atoms with Crippen LogP contribution in [0.3, 0.4) is 0 Å². The molecule has 0 aliphatic rings. The molecule has 15 heavy (non-hydrogen) atoms. The second-order valence-corrected chi connectivity index (χ2v) is 5.05. The highest BCUT2D eigenvalue weighted by molar-refractivity contribution is 7.93. The maximum absolute atomic E-state index is 11.7. The lowest BCUT2D eigenvalue weighted by atomic mass is 10.2. The first-order valence-electron chi connectivity index (χ1n) is 3.88. The Morgan fingerprint density at radius 3 is 2.40 bits per heavy atom. The average Bonchev–Trinajstić information content (AvgIpc) is 2.18. The minimum atomic E-state index is -2.72. The second-order valence-electron chi connectivity index (χ2n) is 2.81. The second kappa shape index (κ2) is 4.11. The third kappa shape index (κ3) is 2.54. The number of nitrogens with zero attached hydrogens (tertiary/aromatic N) is 2. The van der Waals surface area contributed by atoms with E-state index in [-0.39, 0.29) is 5.56 Å². The Kier molecular flexibility index (Phi) is 3.07. The Balaban J connectivity index is 3.23. The maximum Gasteiger partial charge on any atom is 0.335 e. The quantitative estimate of drug-likeness (QED) is 0.613. The molecule has 0 aliphatic carbocycles. The molecule has 1 atom stereocenters. The molecule has 0 saturated heterocycles. The van der Waals surface area contributed by atoms with Gasteiger partial charge in [-0.3, -0.25) is 0 Å². The molecule has 1 N–H and O–H groups in total. The minimum Gasteiger partial charge on any atom is -0.478 e. The van der Waals surface area contributed by atoms with Crippen LogP contribution >= 0.6 is 0 Å². The fraction of sp³-hybridized carbons (Fsp3) is 0.111. The van der Waals surface area contributed by atoms with Gasteiger partial charge in [-0.2, -0.15) is 6.57 Å². The molecule has 0 bridgehead atoms. The standard InChI is InChI=1S/C9H8N2O3S/c1-10-11-15(2,14)8-5-3-7(4-6-8)9(12)13/h3-6H,2H3,(H,12,13). The highest BCUT2D eigenvalue weighted by atomic mass is 32.2. The number of hydrogen-bond acceptors (Lipinski definition) is 3. The Morgan fingerprint density at radius 1 is 1.47 bits per heavy atom. The van der Waals surface area contributed by atoms with Gasteiger partial charge < -0.3 is 5.11 Å². The van der Waals surface area contributed by atoms with E-state index >= 15 is 0 Å². The molecule has 1 aromatic rings. The van der Waals surface area contributed by atoms with E-state index in [0.29, 0.717) is 4.90 Å². The minimum absolute atomic E-state index is 0.108. The average molecular weight is 224 g/mol. The summed E-state index contributed by atoms with van der Waals surface area (Å²) in [7, 11) is -2.72. The zero-order valence-electron chi connectivity index (χ0n) is 7.88. The summed E-state index contributed by atoms with van der Waals surface area (Å²) in [6, 6.07) is 5.47. The van der Waals surface area contributed by atoms with E-state index in [9.17, 15) is 9.00 Å². The Bertz CT molecular complexity index is 533. The van der Waals surface area contributed by atoms with E-state index in [0.717, 1.165) is 0 Å². The van der Waals surface area contributed by atoms with Crippen molar-refractivity contribution in [3.8, 4) is 0 Å². The summed E-state index contributed by atoms with van der Waals surface area (Å²) in [5, 5.41) is 8.64. The van der Waals surface area contributed by atoms with Gasteiger partial charge in [0.15, 0.2) is 0 Å². The number of carboxylic acid groups (broad SMARTS) is 1. The van der Waals surface area contributed by atoms with Crippen LogP contribution in [-0.4, -0.2) is 21.5 Å². The Hall–Kier alpha value is -1.87. The maximum atomic E-state index is 11.7. The van der Waals surface area contributed by atoms with Crippen LogP contribution in [0.25, 0.3) is 4.95 Å². The molecule has 0 spiro atoms. The van der Waals surface area contributed by atoms with Gasteiger partial charge in [-0.25, -0.2) is 9.00 Å². The molecule has 1 rings (SSSR count). The zero-order valence-corrected chi connectivity index (χ0v) is 8.69. The van der Waals surface area contributed by atoms with Crippen molar-refractivity contribution in [1.82, 2.24) is 0 Å². The lowest BCUT2D eigenvalue weighted by Gasteiger charge is -1.99. The van der Waals surface area contributed by atoms with Crippen molar-refractivity contribution >= 4 is 15.7 Å². The van der Waals surface area contributed by atoms with Crippen LogP contribution < -0.4 is 0 Å². The van der Waals surface area contributed by atoms with E-state index in [2.05, 4.69) is 9.43 Å². The van der Waals surface area contributed by atoms with E-state index in [1.807, 2.05) is 0 Å². The fourth-order valence-electron chi connectivity index (χ4n) is 0.975. The number of aromatic carboxylic acids is 1. The van der Waals surface area contributed by atoms with Gasteiger partial charge in [-0.05, 0) is 24.3 Å². The van der Waals surface area contributed by atoms with Crippen molar-refractivity contribution in [1.29, 1.82) is 0 Å². The number of rotatable bonds is 2. The van der Waals surface area contributed by atoms with Gasteiger partial charge in [0, 0.05) is 6.26 Å². The first kappa shape index (κ1) is 11.2. The molecule has 1 aromatic carbocycles. The molecule has 0 heterocycles. The fourth-order valence-corrected chi connectivity index (χ4v) is 1.87. The van der Waals surface area contributed by atoms with E-state index in [1.54, 1.807) is 0 Å². The normalized spacial score (nSPS) is 13.6. The number of carbonyl (C=O) groups is 1. The van der Waals surface area contributed by atoms with Gasteiger partial charge in [0.25, 0.3) is 0 Å². The Labute approximate surface area is 87.3 Å². The predicted octanol–water partition coefficient (Wildman–Crippen LogP) is 1.68. The van der Waals surface area contributed by atoms with Crippen molar-refractivity contribution in [2.75, 3.05) is 6.26 Å². The van der Waals surface area contributed by atoms with Crippen molar-refractivity contribution in [3.63, 3.8) is 0 Å². The summed E-state index contributed by atoms with van der Waals surface area (Å²) in [5.74, 6) is -1.05. The highest BCUT2D eigenvalue weighted by Gasteiger charge is 2.10. The van der Waals surface area contributed by atoms with E-state index < -0.39 is 15.7 Å². The van der Waals surface area contributed by atoms with Crippen molar-refractivity contribution in [2.24, 2.45) is 4.47 Å². The van der Waals surface area contributed by atoms with E-state index in [1.165, 1.54) is 30.5 Å². The smallest absolute Gasteiger partial charge is 0.335 e. The van der Waals surface area contributed by atoms with Crippen LogP contribution in [0.2, 0.25) is 0 Å². The van der Waals surface area contributed by atoms with Crippen molar-refractivity contribution in [3.05, 3.63) is 41.4 Å². The molecule has 0 fully saturated rings. The SMILES string of the molecule is [C-]#[N+]N=S(C)(=O)c1ccc(C(=O)O)cc1. The first-order chi connectivity index (χ1) is 6.97.